The van der Waals surface area contributed by atoms with Crippen LogP contribution in [-0.4, -0.2) is 36.7 Å². The van der Waals surface area contributed by atoms with Crippen molar-refractivity contribution in [3.05, 3.63) is 11.8 Å². The highest BCUT2D eigenvalue weighted by Crippen LogP contribution is 2.29. The number of cyclic esters (lactones) is 1. The molecule has 0 spiro atoms. The summed E-state index contributed by atoms with van der Waals surface area (Å²) in [7, 11) is 1.37. The Morgan fingerprint density at radius 3 is 2.83 bits per heavy atom. The molecule has 18 heavy (non-hydrogen) atoms. The minimum absolute atomic E-state index is 0.134. The molecule has 2 rings (SSSR count). The van der Waals surface area contributed by atoms with Gasteiger partial charge in [-0.25, -0.2) is 4.79 Å². The molecule has 0 N–H and O–H groups in total. The number of hydrogen-bond donors (Lipinski definition) is 0. The van der Waals surface area contributed by atoms with Gasteiger partial charge in [-0.15, -0.1) is 0 Å². The second kappa shape index (κ2) is 5.42. The SMILES string of the molecule is COC(=O)N1CCCCC[C@@H]1C1C=C(C)OC1=O. The predicted molar refractivity (Wildman–Crippen MR) is 64.7 cm³/mol. The molecular weight excluding hydrogens is 234 g/mol. The number of rotatable bonds is 1. The van der Waals surface area contributed by atoms with Crippen LogP contribution in [0.15, 0.2) is 11.8 Å². The molecule has 0 aliphatic carbocycles. The van der Waals surface area contributed by atoms with Gasteiger partial charge in [-0.05, 0) is 25.8 Å². The maximum absolute atomic E-state index is 11.8. The number of hydrogen-bond acceptors (Lipinski definition) is 4. The Morgan fingerprint density at radius 2 is 2.22 bits per heavy atom. The summed E-state index contributed by atoms with van der Waals surface area (Å²) in [4.78, 5) is 25.3. The molecule has 1 fully saturated rings. The maximum Gasteiger partial charge on any atom is 0.409 e. The molecule has 2 heterocycles. The van der Waals surface area contributed by atoms with Crippen LogP contribution in [0.5, 0.6) is 0 Å². The van der Waals surface area contributed by atoms with Crippen LogP contribution in [0.4, 0.5) is 4.79 Å². The fraction of sp³-hybridized carbons (Fsp3) is 0.692. The van der Waals surface area contributed by atoms with Crippen LogP contribution in [0.1, 0.15) is 32.6 Å². The molecule has 0 aromatic carbocycles. The van der Waals surface area contributed by atoms with Crippen molar-refractivity contribution in [1.29, 1.82) is 0 Å². The Morgan fingerprint density at radius 1 is 1.44 bits per heavy atom. The van der Waals surface area contributed by atoms with Crippen LogP contribution < -0.4 is 0 Å². The first-order chi connectivity index (χ1) is 8.63. The van der Waals surface area contributed by atoms with Crippen LogP contribution in [0, 0.1) is 5.92 Å². The molecule has 5 heteroatoms. The summed E-state index contributed by atoms with van der Waals surface area (Å²) in [6, 6.07) is -0.134. The highest BCUT2D eigenvalue weighted by atomic mass is 16.5. The molecule has 0 bridgehead atoms. The third-order valence-electron chi connectivity index (χ3n) is 3.57. The lowest BCUT2D eigenvalue weighted by Gasteiger charge is -2.30. The molecule has 5 nitrogen and oxygen atoms in total. The topological polar surface area (TPSA) is 55.8 Å². The van der Waals surface area contributed by atoms with Crippen molar-refractivity contribution in [3.8, 4) is 0 Å². The Hall–Kier alpha value is -1.52. The van der Waals surface area contributed by atoms with E-state index in [9.17, 15) is 9.59 Å². The van der Waals surface area contributed by atoms with Crippen LogP contribution in [-0.2, 0) is 14.3 Å². The zero-order chi connectivity index (χ0) is 13.1. The Labute approximate surface area is 107 Å². The number of methoxy groups -OCH3 is 1. The zero-order valence-corrected chi connectivity index (χ0v) is 10.8. The summed E-state index contributed by atoms with van der Waals surface area (Å²) < 4.78 is 9.88. The van der Waals surface area contributed by atoms with E-state index in [4.69, 9.17) is 9.47 Å². The molecule has 2 aliphatic rings. The molecule has 0 radical (unpaired) electrons. The fourth-order valence-electron chi connectivity index (χ4n) is 2.70. The Balaban J connectivity index is 2.20. The molecule has 0 aromatic rings. The summed E-state index contributed by atoms with van der Waals surface area (Å²) >= 11 is 0. The number of amides is 1. The van der Waals surface area contributed by atoms with E-state index in [1.165, 1.54) is 7.11 Å². The van der Waals surface area contributed by atoms with Crippen molar-refractivity contribution >= 4 is 12.1 Å². The van der Waals surface area contributed by atoms with Gasteiger partial charge in [0.05, 0.1) is 19.1 Å². The van der Waals surface area contributed by atoms with Gasteiger partial charge >= 0.3 is 12.1 Å². The number of carbonyl (C=O) groups excluding carboxylic acids is 2. The molecule has 1 unspecified atom stereocenters. The van der Waals surface area contributed by atoms with E-state index in [0.717, 1.165) is 25.7 Å². The first-order valence-electron chi connectivity index (χ1n) is 6.38. The van der Waals surface area contributed by atoms with E-state index in [0.29, 0.717) is 12.3 Å². The van der Waals surface area contributed by atoms with Crippen molar-refractivity contribution in [2.45, 2.75) is 38.6 Å². The first kappa shape index (κ1) is 12.9. The number of ether oxygens (including phenoxy) is 2. The van der Waals surface area contributed by atoms with Gasteiger partial charge in [0.25, 0.3) is 0 Å². The standard InChI is InChI=1S/C13H19NO4/c1-9-8-10(12(15)18-9)11-6-4-3-5-7-14(11)13(16)17-2/h8,10-11H,3-7H2,1-2H3/t10?,11-/m1/s1. The summed E-state index contributed by atoms with van der Waals surface area (Å²) in [6.07, 6.45) is 5.33. The number of nitrogens with zero attached hydrogens (tertiary/aromatic N) is 1. The summed E-state index contributed by atoms with van der Waals surface area (Å²) in [5.74, 6) is 0.0227. The number of allylic oxidation sites excluding steroid dienone is 1. The number of esters is 1. The third-order valence-corrected chi connectivity index (χ3v) is 3.57. The molecule has 1 amide bonds. The molecule has 2 atom stereocenters. The van der Waals surface area contributed by atoms with Crippen molar-refractivity contribution in [2.24, 2.45) is 5.92 Å². The van der Waals surface area contributed by atoms with Crippen LogP contribution in [0.25, 0.3) is 0 Å². The predicted octanol–water partition coefficient (Wildman–Crippen LogP) is 2.07. The molecular formula is C13H19NO4. The van der Waals surface area contributed by atoms with E-state index >= 15 is 0 Å². The molecule has 0 saturated carbocycles. The van der Waals surface area contributed by atoms with Crippen LogP contribution >= 0.6 is 0 Å². The van der Waals surface area contributed by atoms with E-state index in [1.807, 2.05) is 6.08 Å². The van der Waals surface area contributed by atoms with Crippen molar-refractivity contribution in [3.63, 3.8) is 0 Å². The lowest BCUT2D eigenvalue weighted by Crippen LogP contribution is -2.45. The van der Waals surface area contributed by atoms with E-state index in [1.54, 1.807) is 11.8 Å². The fourth-order valence-corrected chi connectivity index (χ4v) is 2.70. The summed E-state index contributed by atoms with van der Waals surface area (Å²) in [5.41, 5.74) is 0. The number of carbonyl (C=O) groups is 2. The van der Waals surface area contributed by atoms with Gasteiger partial charge in [0, 0.05) is 6.54 Å². The Kier molecular flexibility index (Phi) is 3.89. The highest BCUT2D eigenvalue weighted by Gasteiger charge is 2.39. The first-order valence-corrected chi connectivity index (χ1v) is 6.38. The molecule has 2 aliphatic heterocycles. The van der Waals surface area contributed by atoms with Gasteiger partial charge in [0.2, 0.25) is 0 Å². The van der Waals surface area contributed by atoms with E-state index in [-0.39, 0.29) is 24.0 Å². The maximum atomic E-state index is 11.8. The second-order valence-corrected chi connectivity index (χ2v) is 4.80. The quantitative estimate of drug-likeness (QED) is 0.671. The zero-order valence-electron chi connectivity index (χ0n) is 10.8. The lowest BCUT2D eigenvalue weighted by molar-refractivity contribution is -0.141. The third kappa shape index (κ3) is 2.49. The minimum atomic E-state index is -0.354. The van der Waals surface area contributed by atoms with Crippen LogP contribution in [0.2, 0.25) is 0 Å². The van der Waals surface area contributed by atoms with Gasteiger partial charge in [0.1, 0.15) is 5.76 Å². The second-order valence-electron chi connectivity index (χ2n) is 4.80. The summed E-state index contributed by atoms with van der Waals surface area (Å²) in [6.45, 7) is 2.41. The Bertz CT molecular complexity index is 377. The average Bonchev–Trinajstić information content (AvgIpc) is 2.57. The monoisotopic (exact) mass is 253 g/mol. The van der Waals surface area contributed by atoms with Gasteiger partial charge in [-0.2, -0.15) is 0 Å². The minimum Gasteiger partial charge on any atom is -0.453 e. The van der Waals surface area contributed by atoms with Crippen molar-refractivity contribution in [1.82, 2.24) is 4.90 Å². The van der Waals surface area contributed by atoms with E-state index in [2.05, 4.69) is 0 Å². The lowest BCUT2D eigenvalue weighted by atomic mass is 9.95. The normalized spacial score (nSPS) is 28.4. The van der Waals surface area contributed by atoms with Gasteiger partial charge < -0.3 is 14.4 Å². The van der Waals surface area contributed by atoms with Crippen molar-refractivity contribution < 1.29 is 19.1 Å². The highest BCUT2D eigenvalue weighted by molar-refractivity contribution is 5.80. The summed E-state index contributed by atoms with van der Waals surface area (Å²) in [5, 5.41) is 0. The molecule has 1 saturated heterocycles. The number of likely N-dealkylation sites (tertiary alicyclic amines) is 1. The molecule has 100 valence electrons. The van der Waals surface area contributed by atoms with Gasteiger partial charge in [-0.1, -0.05) is 12.8 Å². The average molecular weight is 253 g/mol. The largest absolute Gasteiger partial charge is 0.453 e. The van der Waals surface area contributed by atoms with Gasteiger partial charge in [-0.3, -0.25) is 4.79 Å². The van der Waals surface area contributed by atoms with E-state index < -0.39 is 0 Å². The smallest absolute Gasteiger partial charge is 0.409 e. The molecule has 0 aromatic heterocycles. The van der Waals surface area contributed by atoms with Gasteiger partial charge in [0.15, 0.2) is 0 Å². The van der Waals surface area contributed by atoms with Crippen molar-refractivity contribution in [2.75, 3.05) is 13.7 Å². The van der Waals surface area contributed by atoms with Crippen LogP contribution in [0.3, 0.4) is 0 Å².